The average molecular weight is 398 g/mol. The van der Waals surface area contributed by atoms with Crippen LogP contribution in [0, 0.1) is 0 Å². The summed E-state index contributed by atoms with van der Waals surface area (Å²) in [7, 11) is 3.43. The second-order valence-corrected chi connectivity index (χ2v) is 7.08. The van der Waals surface area contributed by atoms with E-state index >= 15 is 0 Å². The van der Waals surface area contributed by atoms with E-state index in [0.717, 1.165) is 5.56 Å². The van der Waals surface area contributed by atoms with Gasteiger partial charge in [0.05, 0.1) is 18.4 Å². The first-order chi connectivity index (χ1) is 14.6. The number of amides is 2. The number of likely N-dealkylation sites (N-methyl/N-ethyl adjacent to an activating group) is 1. The molecule has 5 nitrogen and oxygen atoms in total. The molecule has 0 spiro atoms. The zero-order valence-corrected chi connectivity index (χ0v) is 16.9. The lowest BCUT2D eigenvalue weighted by atomic mass is 10.0. The Morgan fingerprint density at radius 1 is 0.800 bits per heavy atom. The fraction of sp³-hybridized carbons (Fsp3) is 0.120. The predicted molar refractivity (Wildman–Crippen MR) is 117 cm³/mol. The highest BCUT2D eigenvalue weighted by atomic mass is 16.5. The van der Waals surface area contributed by atoms with Crippen molar-refractivity contribution >= 4 is 23.1 Å². The van der Waals surface area contributed by atoms with Gasteiger partial charge in [-0.05, 0) is 35.4 Å². The number of imide groups is 1. The molecule has 2 amide bonds. The van der Waals surface area contributed by atoms with E-state index in [-0.39, 0.29) is 11.8 Å². The molecule has 0 fully saturated rings. The first kappa shape index (κ1) is 19.5. The Hall–Kier alpha value is -3.86. The standard InChI is InChI=1S/C25H22N2O3/c1-26(17-18-9-5-3-6-10-18)23-22(19-13-15-21(30-2)16-14-19)24(28)27(25(23)29)20-11-7-4-8-12-20/h3-16H,17H2,1-2H3. The first-order valence-electron chi connectivity index (χ1n) is 9.67. The molecule has 0 aromatic heterocycles. The van der Waals surface area contributed by atoms with E-state index < -0.39 is 0 Å². The van der Waals surface area contributed by atoms with Gasteiger partial charge in [-0.2, -0.15) is 0 Å². The summed E-state index contributed by atoms with van der Waals surface area (Å²) >= 11 is 0. The summed E-state index contributed by atoms with van der Waals surface area (Å²) in [5.41, 5.74) is 3.08. The van der Waals surface area contributed by atoms with Gasteiger partial charge in [0.25, 0.3) is 11.8 Å². The van der Waals surface area contributed by atoms with Crippen LogP contribution in [0.2, 0.25) is 0 Å². The van der Waals surface area contributed by atoms with E-state index in [4.69, 9.17) is 4.74 Å². The minimum atomic E-state index is -0.328. The summed E-state index contributed by atoms with van der Waals surface area (Å²) in [6.07, 6.45) is 0. The van der Waals surface area contributed by atoms with E-state index in [1.54, 1.807) is 31.4 Å². The fourth-order valence-electron chi connectivity index (χ4n) is 3.64. The number of anilines is 1. The molecule has 0 atom stereocenters. The SMILES string of the molecule is COc1ccc(C2=C(N(C)Cc3ccccc3)C(=O)N(c3ccccc3)C2=O)cc1. The molecule has 0 saturated heterocycles. The summed E-state index contributed by atoms with van der Waals surface area (Å²) in [6.45, 7) is 0.511. The molecule has 0 radical (unpaired) electrons. The number of carbonyl (C=O) groups is 2. The Bertz CT molecular complexity index is 1090. The van der Waals surface area contributed by atoms with Gasteiger partial charge in [0.1, 0.15) is 11.4 Å². The third-order valence-corrected chi connectivity index (χ3v) is 5.10. The Labute approximate surface area is 175 Å². The van der Waals surface area contributed by atoms with E-state index in [2.05, 4.69) is 0 Å². The summed E-state index contributed by atoms with van der Waals surface area (Å²) < 4.78 is 5.23. The number of benzene rings is 3. The Kier molecular flexibility index (Phi) is 5.35. The normalized spacial score (nSPS) is 13.7. The summed E-state index contributed by atoms with van der Waals surface area (Å²) in [6, 6.07) is 26.1. The molecule has 1 heterocycles. The third kappa shape index (κ3) is 3.57. The zero-order valence-electron chi connectivity index (χ0n) is 16.9. The molecule has 5 heteroatoms. The monoisotopic (exact) mass is 398 g/mol. The highest BCUT2D eigenvalue weighted by Crippen LogP contribution is 2.35. The maximum absolute atomic E-state index is 13.4. The Morgan fingerprint density at radius 3 is 2.00 bits per heavy atom. The number of carbonyl (C=O) groups excluding carboxylic acids is 2. The van der Waals surface area contributed by atoms with Crippen molar-refractivity contribution in [2.45, 2.75) is 6.54 Å². The second-order valence-electron chi connectivity index (χ2n) is 7.08. The minimum Gasteiger partial charge on any atom is -0.497 e. The van der Waals surface area contributed by atoms with Gasteiger partial charge in [-0.3, -0.25) is 9.59 Å². The van der Waals surface area contributed by atoms with Crippen LogP contribution in [-0.2, 0) is 16.1 Å². The van der Waals surface area contributed by atoms with Crippen molar-refractivity contribution in [3.8, 4) is 5.75 Å². The molecule has 3 aromatic carbocycles. The van der Waals surface area contributed by atoms with Crippen LogP contribution in [0.25, 0.3) is 5.57 Å². The number of hydrogen-bond donors (Lipinski definition) is 0. The Balaban J connectivity index is 1.79. The molecule has 30 heavy (non-hydrogen) atoms. The van der Waals surface area contributed by atoms with E-state index in [9.17, 15) is 9.59 Å². The fourth-order valence-corrected chi connectivity index (χ4v) is 3.64. The van der Waals surface area contributed by atoms with Gasteiger partial charge in [0, 0.05) is 13.6 Å². The highest BCUT2D eigenvalue weighted by molar-refractivity contribution is 6.45. The second kappa shape index (κ2) is 8.25. The van der Waals surface area contributed by atoms with Crippen molar-refractivity contribution in [1.29, 1.82) is 0 Å². The van der Waals surface area contributed by atoms with Gasteiger partial charge in [-0.15, -0.1) is 0 Å². The average Bonchev–Trinajstić information content (AvgIpc) is 3.05. The van der Waals surface area contributed by atoms with Crippen LogP contribution in [0.5, 0.6) is 5.75 Å². The molecule has 0 aliphatic carbocycles. The topological polar surface area (TPSA) is 49.9 Å². The van der Waals surface area contributed by atoms with Gasteiger partial charge in [-0.1, -0.05) is 60.7 Å². The summed E-state index contributed by atoms with van der Waals surface area (Å²) in [4.78, 5) is 30.0. The molecule has 1 aliphatic rings. The zero-order chi connectivity index (χ0) is 21.1. The van der Waals surface area contributed by atoms with Gasteiger partial charge in [-0.25, -0.2) is 4.90 Å². The molecule has 1 aliphatic heterocycles. The number of ether oxygens (including phenoxy) is 1. The van der Waals surface area contributed by atoms with Crippen LogP contribution >= 0.6 is 0 Å². The van der Waals surface area contributed by atoms with Gasteiger partial charge in [0.15, 0.2) is 0 Å². The smallest absolute Gasteiger partial charge is 0.282 e. The van der Waals surface area contributed by atoms with E-state index in [0.29, 0.717) is 34.8 Å². The Morgan fingerprint density at radius 2 is 1.40 bits per heavy atom. The van der Waals surface area contributed by atoms with Crippen LogP contribution in [0.3, 0.4) is 0 Å². The van der Waals surface area contributed by atoms with Crippen molar-refractivity contribution in [2.75, 3.05) is 19.1 Å². The lowest BCUT2D eigenvalue weighted by molar-refractivity contribution is -0.120. The largest absolute Gasteiger partial charge is 0.497 e. The molecule has 3 aromatic rings. The minimum absolute atomic E-state index is 0.324. The summed E-state index contributed by atoms with van der Waals surface area (Å²) in [5, 5.41) is 0. The molecular weight excluding hydrogens is 376 g/mol. The van der Waals surface area contributed by atoms with Crippen molar-refractivity contribution in [2.24, 2.45) is 0 Å². The van der Waals surface area contributed by atoms with Crippen LogP contribution in [0.4, 0.5) is 5.69 Å². The molecule has 0 bridgehead atoms. The van der Waals surface area contributed by atoms with Gasteiger partial charge < -0.3 is 9.64 Å². The van der Waals surface area contributed by atoms with Crippen LogP contribution in [-0.4, -0.2) is 30.9 Å². The predicted octanol–water partition coefficient (Wildman–Crippen LogP) is 4.11. The van der Waals surface area contributed by atoms with Crippen LogP contribution in [0.15, 0.2) is 90.6 Å². The first-order valence-corrected chi connectivity index (χ1v) is 9.67. The molecule has 0 saturated carbocycles. The number of para-hydroxylation sites is 1. The molecule has 150 valence electrons. The van der Waals surface area contributed by atoms with Gasteiger partial charge in [0.2, 0.25) is 0 Å². The maximum Gasteiger partial charge on any atom is 0.282 e. The lowest BCUT2D eigenvalue weighted by Crippen LogP contribution is -2.34. The number of nitrogens with zero attached hydrogens (tertiary/aromatic N) is 2. The van der Waals surface area contributed by atoms with Crippen molar-refractivity contribution < 1.29 is 14.3 Å². The van der Waals surface area contributed by atoms with Gasteiger partial charge >= 0.3 is 0 Å². The highest BCUT2D eigenvalue weighted by Gasteiger charge is 2.41. The molecule has 0 unspecified atom stereocenters. The van der Waals surface area contributed by atoms with Crippen molar-refractivity contribution in [3.63, 3.8) is 0 Å². The van der Waals surface area contributed by atoms with Crippen LogP contribution in [0.1, 0.15) is 11.1 Å². The number of hydrogen-bond acceptors (Lipinski definition) is 4. The number of methoxy groups -OCH3 is 1. The van der Waals surface area contributed by atoms with Crippen molar-refractivity contribution in [1.82, 2.24) is 4.90 Å². The molecular formula is C25H22N2O3. The van der Waals surface area contributed by atoms with E-state index in [1.165, 1.54) is 4.90 Å². The number of rotatable bonds is 6. The van der Waals surface area contributed by atoms with E-state index in [1.807, 2.05) is 72.6 Å². The quantitative estimate of drug-likeness (QED) is 0.587. The van der Waals surface area contributed by atoms with Crippen LogP contribution < -0.4 is 9.64 Å². The lowest BCUT2D eigenvalue weighted by Gasteiger charge is -2.21. The molecule has 0 N–H and O–H groups in total. The summed E-state index contributed by atoms with van der Waals surface area (Å²) in [5.74, 6) is 0.0388. The molecule has 4 rings (SSSR count). The maximum atomic E-state index is 13.4. The third-order valence-electron chi connectivity index (χ3n) is 5.10. The van der Waals surface area contributed by atoms with Crippen molar-refractivity contribution in [3.05, 3.63) is 102 Å².